The molecule has 3 aromatic carbocycles. The van der Waals surface area contributed by atoms with Gasteiger partial charge in [0.25, 0.3) is 0 Å². The molecule has 0 spiro atoms. The molecule has 0 bridgehead atoms. The van der Waals surface area contributed by atoms with Crippen LogP contribution in [0.3, 0.4) is 0 Å². The molecule has 4 heteroatoms. The summed E-state index contributed by atoms with van der Waals surface area (Å²) in [5.41, 5.74) is 6.14. The van der Waals surface area contributed by atoms with Crippen molar-refractivity contribution in [3.63, 3.8) is 0 Å². The first-order valence-electron chi connectivity index (χ1n) is 12.0. The molecule has 1 N–H and O–H groups in total. The lowest BCUT2D eigenvalue weighted by Crippen LogP contribution is -2.50. The van der Waals surface area contributed by atoms with Crippen LogP contribution in [0.5, 0.6) is 5.75 Å². The molecule has 1 aliphatic rings. The van der Waals surface area contributed by atoms with Crippen LogP contribution in [0.1, 0.15) is 33.9 Å². The highest BCUT2D eigenvalue weighted by atomic mass is 16.5. The van der Waals surface area contributed by atoms with E-state index in [0.717, 1.165) is 43.1 Å². The molecule has 1 fully saturated rings. The van der Waals surface area contributed by atoms with Crippen LogP contribution in [0, 0.1) is 20.8 Å². The lowest BCUT2D eigenvalue weighted by atomic mass is 9.96. The van der Waals surface area contributed by atoms with Gasteiger partial charge in [-0.3, -0.25) is 9.80 Å². The zero-order valence-corrected chi connectivity index (χ0v) is 20.1. The molecule has 4 nitrogen and oxygen atoms in total. The average molecular weight is 445 g/mol. The van der Waals surface area contributed by atoms with Gasteiger partial charge >= 0.3 is 0 Å². The number of benzene rings is 3. The standard InChI is InChI=1S/C29H36N2O2/c1-22-18-23(2)29(24(3)19-22)33-21-27(32)20-30-14-16-31(17-15-30)28(25-10-6-4-7-11-25)26-12-8-5-9-13-26/h4-13,18-19,27-28,32H,14-17,20-21H2,1-3H3. The third-order valence-corrected chi connectivity index (χ3v) is 6.50. The van der Waals surface area contributed by atoms with E-state index in [4.69, 9.17) is 4.74 Å². The number of aliphatic hydroxyl groups is 1. The summed E-state index contributed by atoms with van der Waals surface area (Å²) in [6.07, 6.45) is -0.504. The van der Waals surface area contributed by atoms with Crippen molar-refractivity contribution in [3.05, 3.63) is 101 Å². The molecule has 1 heterocycles. The van der Waals surface area contributed by atoms with Crippen LogP contribution < -0.4 is 4.74 Å². The van der Waals surface area contributed by atoms with Gasteiger partial charge in [-0.25, -0.2) is 0 Å². The Labute approximate surface area is 198 Å². The van der Waals surface area contributed by atoms with Crippen molar-refractivity contribution < 1.29 is 9.84 Å². The molecule has 0 aliphatic carbocycles. The Morgan fingerprint density at radius 1 is 0.788 bits per heavy atom. The predicted octanol–water partition coefficient (Wildman–Crippen LogP) is 4.76. The van der Waals surface area contributed by atoms with Gasteiger partial charge in [0.05, 0.1) is 6.04 Å². The molecule has 3 aromatic rings. The summed E-state index contributed by atoms with van der Waals surface area (Å²) in [5, 5.41) is 10.6. The molecular weight excluding hydrogens is 408 g/mol. The van der Waals surface area contributed by atoms with Gasteiger partial charge in [0, 0.05) is 32.7 Å². The van der Waals surface area contributed by atoms with Gasteiger partial charge < -0.3 is 9.84 Å². The molecule has 1 atom stereocenters. The van der Waals surface area contributed by atoms with Crippen molar-refractivity contribution in [2.45, 2.75) is 32.9 Å². The van der Waals surface area contributed by atoms with Gasteiger partial charge in [0.15, 0.2) is 0 Å². The maximum Gasteiger partial charge on any atom is 0.125 e. The summed E-state index contributed by atoms with van der Waals surface area (Å²) in [4.78, 5) is 4.91. The number of hydrogen-bond acceptors (Lipinski definition) is 4. The van der Waals surface area contributed by atoms with Crippen LogP contribution >= 0.6 is 0 Å². The SMILES string of the molecule is Cc1cc(C)c(OCC(O)CN2CCN(C(c3ccccc3)c3ccccc3)CC2)c(C)c1. The smallest absolute Gasteiger partial charge is 0.125 e. The molecule has 0 amide bonds. The monoisotopic (exact) mass is 444 g/mol. The van der Waals surface area contributed by atoms with Gasteiger partial charge in [0.2, 0.25) is 0 Å². The average Bonchev–Trinajstić information content (AvgIpc) is 2.81. The predicted molar refractivity (Wildman–Crippen MR) is 135 cm³/mol. The summed E-state index contributed by atoms with van der Waals surface area (Å²) >= 11 is 0. The van der Waals surface area contributed by atoms with E-state index in [2.05, 4.69) is 103 Å². The summed E-state index contributed by atoms with van der Waals surface area (Å²) in [6, 6.07) is 26.0. The first-order valence-corrected chi connectivity index (χ1v) is 12.0. The Morgan fingerprint density at radius 3 is 1.82 bits per heavy atom. The number of hydrogen-bond donors (Lipinski definition) is 1. The number of piperazine rings is 1. The van der Waals surface area contributed by atoms with Crippen molar-refractivity contribution in [2.75, 3.05) is 39.3 Å². The highest BCUT2D eigenvalue weighted by Crippen LogP contribution is 2.29. The molecule has 1 aliphatic heterocycles. The molecular formula is C29H36N2O2. The van der Waals surface area contributed by atoms with Gasteiger partial charge in [-0.15, -0.1) is 0 Å². The summed E-state index contributed by atoms with van der Waals surface area (Å²) in [7, 11) is 0. The molecule has 0 aromatic heterocycles. The van der Waals surface area contributed by atoms with Crippen LogP contribution in [0.25, 0.3) is 0 Å². The van der Waals surface area contributed by atoms with E-state index < -0.39 is 6.10 Å². The Hall–Kier alpha value is -2.66. The van der Waals surface area contributed by atoms with Crippen molar-refractivity contribution in [2.24, 2.45) is 0 Å². The lowest BCUT2D eigenvalue weighted by molar-refractivity contribution is 0.0398. The fourth-order valence-electron chi connectivity index (χ4n) is 5.01. The number of rotatable bonds is 8. The van der Waals surface area contributed by atoms with Crippen molar-refractivity contribution in [1.82, 2.24) is 9.80 Å². The van der Waals surface area contributed by atoms with E-state index in [1.807, 2.05) is 0 Å². The van der Waals surface area contributed by atoms with E-state index in [0.29, 0.717) is 13.2 Å². The second kappa shape index (κ2) is 11.0. The molecule has 4 rings (SSSR count). The first kappa shape index (κ1) is 23.5. The van der Waals surface area contributed by atoms with E-state index in [9.17, 15) is 5.11 Å². The number of aliphatic hydroxyl groups excluding tert-OH is 1. The quantitative estimate of drug-likeness (QED) is 0.544. The zero-order valence-electron chi connectivity index (χ0n) is 20.1. The number of nitrogens with zero attached hydrogens (tertiary/aromatic N) is 2. The van der Waals surface area contributed by atoms with E-state index in [-0.39, 0.29) is 6.04 Å². The highest BCUT2D eigenvalue weighted by molar-refractivity contribution is 5.43. The molecule has 0 saturated carbocycles. The maximum atomic E-state index is 10.6. The highest BCUT2D eigenvalue weighted by Gasteiger charge is 2.27. The second-order valence-corrected chi connectivity index (χ2v) is 9.25. The molecule has 33 heavy (non-hydrogen) atoms. The van der Waals surface area contributed by atoms with Crippen LogP contribution in [-0.2, 0) is 0 Å². The normalized spacial score (nSPS) is 16.2. The Bertz CT molecular complexity index is 952. The summed E-state index contributed by atoms with van der Waals surface area (Å²) in [6.45, 7) is 11.0. The van der Waals surface area contributed by atoms with Crippen LogP contribution in [-0.4, -0.2) is 60.3 Å². The Kier molecular flexibility index (Phi) is 7.81. The minimum Gasteiger partial charge on any atom is -0.490 e. The van der Waals surface area contributed by atoms with Crippen LogP contribution in [0.15, 0.2) is 72.8 Å². The third kappa shape index (κ3) is 6.02. The van der Waals surface area contributed by atoms with E-state index in [1.54, 1.807) is 0 Å². The minimum atomic E-state index is -0.504. The number of aryl methyl sites for hydroxylation is 3. The van der Waals surface area contributed by atoms with Gasteiger partial charge in [-0.05, 0) is 43.0 Å². The molecule has 1 saturated heterocycles. The zero-order chi connectivity index (χ0) is 23.2. The first-order chi connectivity index (χ1) is 16.0. The van der Waals surface area contributed by atoms with E-state index >= 15 is 0 Å². The van der Waals surface area contributed by atoms with Gasteiger partial charge in [-0.2, -0.15) is 0 Å². The lowest BCUT2D eigenvalue weighted by Gasteiger charge is -2.40. The minimum absolute atomic E-state index is 0.260. The van der Waals surface area contributed by atoms with E-state index in [1.165, 1.54) is 16.7 Å². The topological polar surface area (TPSA) is 35.9 Å². The Balaban J connectivity index is 1.33. The van der Waals surface area contributed by atoms with Crippen LogP contribution in [0.2, 0.25) is 0 Å². The fourth-order valence-corrected chi connectivity index (χ4v) is 5.01. The fraction of sp³-hybridized carbons (Fsp3) is 0.379. The van der Waals surface area contributed by atoms with Crippen molar-refractivity contribution in [1.29, 1.82) is 0 Å². The molecule has 174 valence electrons. The maximum absolute atomic E-state index is 10.6. The van der Waals surface area contributed by atoms with Gasteiger partial charge in [-0.1, -0.05) is 78.4 Å². The van der Waals surface area contributed by atoms with Crippen molar-refractivity contribution in [3.8, 4) is 5.75 Å². The summed E-state index contributed by atoms with van der Waals surface area (Å²) in [5.74, 6) is 0.901. The van der Waals surface area contributed by atoms with Crippen molar-refractivity contribution >= 4 is 0 Å². The molecule has 1 unspecified atom stereocenters. The van der Waals surface area contributed by atoms with Gasteiger partial charge in [0.1, 0.15) is 18.5 Å². The van der Waals surface area contributed by atoms with Crippen LogP contribution in [0.4, 0.5) is 0 Å². The summed E-state index contributed by atoms with van der Waals surface area (Å²) < 4.78 is 6.01. The largest absolute Gasteiger partial charge is 0.490 e. The number of ether oxygens (including phenoxy) is 1. The third-order valence-electron chi connectivity index (χ3n) is 6.50. The number of β-amino-alcohol motifs (C(OH)–C–C–N with tert-alkyl or cyclic N) is 1. The Morgan fingerprint density at radius 2 is 1.30 bits per heavy atom. The second-order valence-electron chi connectivity index (χ2n) is 9.25. The molecule has 0 radical (unpaired) electrons.